The standard InChI is InChI=1S/C11H12N4S/c12-10-3-1-2-8-4-5-15(6-9(8)10)11-13-7-14-16-11/h1-3,7H,4-6,12H2. The SMILES string of the molecule is Nc1cccc2c1CN(c1ncns1)CC2. The predicted molar refractivity (Wildman–Crippen MR) is 65.5 cm³/mol. The van der Waals surface area contributed by atoms with Gasteiger partial charge < -0.3 is 10.6 Å². The van der Waals surface area contributed by atoms with E-state index in [0.717, 1.165) is 30.3 Å². The molecule has 0 spiro atoms. The molecular weight excluding hydrogens is 220 g/mol. The molecule has 1 aliphatic rings. The van der Waals surface area contributed by atoms with Gasteiger partial charge in [-0.1, -0.05) is 12.1 Å². The van der Waals surface area contributed by atoms with E-state index in [-0.39, 0.29) is 0 Å². The normalized spacial score (nSPS) is 14.9. The van der Waals surface area contributed by atoms with Crippen molar-refractivity contribution in [2.75, 3.05) is 17.2 Å². The summed E-state index contributed by atoms with van der Waals surface area (Å²) in [5.41, 5.74) is 9.48. The second-order valence-electron chi connectivity index (χ2n) is 3.88. The summed E-state index contributed by atoms with van der Waals surface area (Å²) >= 11 is 1.43. The van der Waals surface area contributed by atoms with E-state index in [1.165, 1.54) is 22.7 Å². The summed E-state index contributed by atoms with van der Waals surface area (Å²) in [4.78, 5) is 6.47. The summed E-state index contributed by atoms with van der Waals surface area (Å²) in [5.74, 6) is 0. The van der Waals surface area contributed by atoms with Crippen molar-refractivity contribution in [2.24, 2.45) is 0 Å². The first-order valence-corrected chi connectivity index (χ1v) is 6.00. The zero-order chi connectivity index (χ0) is 11.0. The van der Waals surface area contributed by atoms with Gasteiger partial charge >= 0.3 is 0 Å². The van der Waals surface area contributed by atoms with Crippen molar-refractivity contribution >= 4 is 22.4 Å². The maximum atomic E-state index is 6.00. The molecule has 3 rings (SSSR count). The average molecular weight is 232 g/mol. The van der Waals surface area contributed by atoms with Crippen LogP contribution in [-0.4, -0.2) is 15.9 Å². The van der Waals surface area contributed by atoms with E-state index in [1.54, 1.807) is 6.33 Å². The maximum Gasteiger partial charge on any atom is 0.205 e. The quantitative estimate of drug-likeness (QED) is 0.760. The number of hydrogen-bond donors (Lipinski definition) is 1. The molecule has 0 atom stereocenters. The highest BCUT2D eigenvalue weighted by Crippen LogP contribution is 2.27. The van der Waals surface area contributed by atoms with Crippen LogP contribution in [0.3, 0.4) is 0 Å². The Labute approximate surface area is 97.9 Å². The van der Waals surface area contributed by atoms with Gasteiger partial charge in [-0.3, -0.25) is 0 Å². The summed E-state index contributed by atoms with van der Waals surface area (Å²) in [6.45, 7) is 1.84. The van der Waals surface area contributed by atoms with Crippen molar-refractivity contribution in [3.63, 3.8) is 0 Å². The van der Waals surface area contributed by atoms with Gasteiger partial charge in [0, 0.05) is 30.3 Å². The highest BCUT2D eigenvalue weighted by molar-refractivity contribution is 7.09. The van der Waals surface area contributed by atoms with Gasteiger partial charge in [-0.25, -0.2) is 4.98 Å². The lowest BCUT2D eigenvalue weighted by Crippen LogP contribution is -2.30. The third-order valence-electron chi connectivity index (χ3n) is 2.93. The zero-order valence-corrected chi connectivity index (χ0v) is 9.57. The van der Waals surface area contributed by atoms with Crippen LogP contribution in [0.5, 0.6) is 0 Å². The first kappa shape index (κ1) is 9.59. The number of hydrogen-bond acceptors (Lipinski definition) is 5. The molecule has 0 bridgehead atoms. The first-order valence-electron chi connectivity index (χ1n) is 5.22. The molecule has 5 heteroatoms. The van der Waals surface area contributed by atoms with Crippen LogP contribution in [0.1, 0.15) is 11.1 Å². The molecule has 0 saturated carbocycles. The van der Waals surface area contributed by atoms with E-state index in [9.17, 15) is 0 Å². The second kappa shape index (κ2) is 3.75. The van der Waals surface area contributed by atoms with E-state index >= 15 is 0 Å². The lowest BCUT2D eigenvalue weighted by Gasteiger charge is -2.28. The molecule has 2 heterocycles. The van der Waals surface area contributed by atoms with Gasteiger partial charge in [-0.2, -0.15) is 4.37 Å². The van der Waals surface area contributed by atoms with Gasteiger partial charge in [-0.15, -0.1) is 0 Å². The molecule has 0 fully saturated rings. The lowest BCUT2D eigenvalue weighted by molar-refractivity contribution is 0.730. The number of fused-ring (bicyclic) bond motifs is 1. The van der Waals surface area contributed by atoms with Gasteiger partial charge in [0.2, 0.25) is 5.13 Å². The molecular formula is C11H12N4S. The van der Waals surface area contributed by atoms with Gasteiger partial charge in [0.05, 0.1) is 0 Å². The molecule has 2 N–H and O–H groups in total. The monoisotopic (exact) mass is 232 g/mol. The van der Waals surface area contributed by atoms with Gasteiger partial charge in [-0.05, 0) is 23.6 Å². The summed E-state index contributed by atoms with van der Waals surface area (Å²) in [7, 11) is 0. The summed E-state index contributed by atoms with van der Waals surface area (Å²) in [6, 6.07) is 6.14. The Balaban J connectivity index is 1.94. The Morgan fingerprint density at radius 1 is 1.38 bits per heavy atom. The van der Waals surface area contributed by atoms with E-state index in [0.29, 0.717) is 0 Å². The van der Waals surface area contributed by atoms with Crippen LogP contribution < -0.4 is 10.6 Å². The number of nitrogens with zero attached hydrogens (tertiary/aromatic N) is 3. The van der Waals surface area contributed by atoms with E-state index in [2.05, 4.69) is 20.3 Å². The Bertz CT molecular complexity index is 495. The molecule has 0 amide bonds. The smallest absolute Gasteiger partial charge is 0.205 e. The van der Waals surface area contributed by atoms with Gasteiger partial charge in [0.15, 0.2) is 0 Å². The Kier molecular flexibility index (Phi) is 2.25. The fourth-order valence-corrected chi connectivity index (χ4v) is 2.63. The topological polar surface area (TPSA) is 55.0 Å². The second-order valence-corrected chi connectivity index (χ2v) is 4.64. The van der Waals surface area contributed by atoms with E-state index < -0.39 is 0 Å². The summed E-state index contributed by atoms with van der Waals surface area (Å²) in [6.07, 6.45) is 2.63. The third-order valence-corrected chi connectivity index (χ3v) is 3.66. The fraction of sp³-hybridized carbons (Fsp3) is 0.273. The van der Waals surface area contributed by atoms with Crippen molar-refractivity contribution in [3.8, 4) is 0 Å². The van der Waals surface area contributed by atoms with Crippen LogP contribution >= 0.6 is 11.5 Å². The Morgan fingerprint density at radius 3 is 3.12 bits per heavy atom. The van der Waals surface area contributed by atoms with Crippen LogP contribution in [0.4, 0.5) is 10.8 Å². The van der Waals surface area contributed by atoms with Gasteiger partial charge in [0.25, 0.3) is 0 Å². The van der Waals surface area contributed by atoms with E-state index in [4.69, 9.17) is 5.73 Å². The third kappa shape index (κ3) is 1.53. The van der Waals surface area contributed by atoms with Crippen molar-refractivity contribution in [3.05, 3.63) is 35.7 Å². The number of aromatic nitrogens is 2. The van der Waals surface area contributed by atoms with Crippen LogP contribution in [0.25, 0.3) is 0 Å². The minimum Gasteiger partial charge on any atom is -0.398 e. The minimum absolute atomic E-state index is 0.844. The highest BCUT2D eigenvalue weighted by atomic mass is 32.1. The molecule has 4 nitrogen and oxygen atoms in total. The molecule has 0 radical (unpaired) electrons. The molecule has 0 unspecified atom stereocenters. The number of rotatable bonds is 1. The van der Waals surface area contributed by atoms with Crippen molar-refractivity contribution < 1.29 is 0 Å². The van der Waals surface area contributed by atoms with Crippen molar-refractivity contribution in [2.45, 2.75) is 13.0 Å². The lowest BCUT2D eigenvalue weighted by atomic mass is 9.98. The predicted octanol–water partition coefficient (Wildman–Crippen LogP) is 1.68. The Hall–Kier alpha value is -1.62. The molecule has 82 valence electrons. The molecule has 0 saturated heterocycles. The molecule has 1 aliphatic heterocycles. The largest absolute Gasteiger partial charge is 0.398 e. The molecule has 0 aliphatic carbocycles. The maximum absolute atomic E-state index is 6.00. The number of benzene rings is 1. The van der Waals surface area contributed by atoms with Gasteiger partial charge in [0.1, 0.15) is 6.33 Å². The summed E-state index contributed by atoms with van der Waals surface area (Å²) < 4.78 is 4.03. The minimum atomic E-state index is 0.844. The Morgan fingerprint density at radius 2 is 2.31 bits per heavy atom. The number of nitrogen functional groups attached to an aromatic ring is 1. The number of nitrogens with two attached hydrogens (primary N) is 1. The molecule has 16 heavy (non-hydrogen) atoms. The molecule has 1 aromatic heterocycles. The van der Waals surface area contributed by atoms with Crippen LogP contribution in [-0.2, 0) is 13.0 Å². The zero-order valence-electron chi connectivity index (χ0n) is 8.76. The van der Waals surface area contributed by atoms with Crippen LogP contribution in [0, 0.1) is 0 Å². The van der Waals surface area contributed by atoms with Crippen LogP contribution in [0.15, 0.2) is 24.5 Å². The number of anilines is 2. The fourth-order valence-electron chi connectivity index (χ4n) is 2.08. The average Bonchev–Trinajstić information content (AvgIpc) is 2.83. The van der Waals surface area contributed by atoms with Crippen LogP contribution in [0.2, 0.25) is 0 Å². The summed E-state index contributed by atoms with van der Waals surface area (Å²) in [5, 5.41) is 0.980. The highest BCUT2D eigenvalue weighted by Gasteiger charge is 2.19. The first-order chi connectivity index (χ1) is 7.84. The molecule has 2 aromatic rings. The molecule has 1 aromatic carbocycles. The van der Waals surface area contributed by atoms with Crippen molar-refractivity contribution in [1.29, 1.82) is 0 Å². The van der Waals surface area contributed by atoms with Crippen molar-refractivity contribution in [1.82, 2.24) is 9.36 Å². The van der Waals surface area contributed by atoms with E-state index in [1.807, 2.05) is 12.1 Å².